The van der Waals surface area contributed by atoms with Crippen molar-refractivity contribution >= 4 is 23.2 Å². The molecule has 0 saturated heterocycles. The first-order valence-corrected chi connectivity index (χ1v) is 7.76. The number of hydrogen-bond donors (Lipinski definition) is 1. The van der Waals surface area contributed by atoms with Gasteiger partial charge in [0.1, 0.15) is 17.5 Å². The van der Waals surface area contributed by atoms with Crippen LogP contribution in [-0.2, 0) is 6.73 Å². The summed E-state index contributed by atoms with van der Waals surface area (Å²) in [5, 5.41) is 16.4. The second-order valence-corrected chi connectivity index (χ2v) is 5.44. The SMILES string of the molecule is N#Cc1ccccc1NC(=O)c1ccnn1COc1ccccc1Cl. The summed E-state index contributed by atoms with van der Waals surface area (Å²) in [6.45, 7) is 0.0272. The lowest BCUT2D eigenvalue weighted by atomic mass is 10.2. The maximum absolute atomic E-state index is 12.5. The van der Waals surface area contributed by atoms with Crippen LogP contribution < -0.4 is 10.1 Å². The van der Waals surface area contributed by atoms with Crippen LogP contribution in [0.4, 0.5) is 5.69 Å². The number of para-hydroxylation sites is 2. The summed E-state index contributed by atoms with van der Waals surface area (Å²) in [5.41, 5.74) is 1.13. The molecule has 1 amide bonds. The molecule has 1 N–H and O–H groups in total. The second kappa shape index (κ2) is 7.51. The van der Waals surface area contributed by atoms with Gasteiger partial charge >= 0.3 is 0 Å². The molecule has 0 unspecified atom stereocenters. The Balaban J connectivity index is 1.74. The lowest BCUT2D eigenvalue weighted by Gasteiger charge is -2.11. The minimum Gasteiger partial charge on any atom is -0.470 e. The Morgan fingerprint density at radius 1 is 1.20 bits per heavy atom. The summed E-state index contributed by atoms with van der Waals surface area (Å²) in [4.78, 5) is 12.5. The van der Waals surface area contributed by atoms with Gasteiger partial charge < -0.3 is 10.1 Å². The highest BCUT2D eigenvalue weighted by atomic mass is 35.5. The third-order valence-electron chi connectivity index (χ3n) is 3.42. The molecule has 3 aromatic rings. The lowest BCUT2D eigenvalue weighted by Crippen LogP contribution is -2.20. The molecule has 0 atom stereocenters. The van der Waals surface area contributed by atoms with Gasteiger partial charge in [0, 0.05) is 6.20 Å². The third-order valence-corrected chi connectivity index (χ3v) is 3.74. The Kier molecular flexibility index (Phi) is 4.97. The number of rotatable bonds is 5. The van der Waals surface area contributed by atoms with Gasteiger partial charge in [-0.3, -0.25) is 4.79 Å². The zero-order valence-corrected chi connectivity index (χ0v) is 13.8. The molecule has 0 bridgehead atoms. The minimum atomic E-state index is -0.386. The summed E-state index contributed by atoms with van der Waals surface area (Å²) in [7, 11) is 0. The molecule has 0 aliphatic heterocycles. The van der Waals surface area contributed by atoms with E-state index < -0.39 is 0 Å². The molecule has 0 saturated carbocycles. The van der Waals surface area contributed by atoms with Gasteiger partial charge in [-0.15, -0.1) is 0 Å². The maximum atomic E-state index is 12.5. The molecule has 124 valence electrons. The van der Waals surface area contributed by atoms with E-state index in [0.29, 0.717) is 27.7 Å². The number of nitrogens with zero attached hydrogens (tertiary/aromatic N) is 3. The van der Waals surface area contributed by atoms with E-state index in [9.17, 15) is 4.79 Å². The number of halogens is 1. The monoisotopic (exact) mass is 352 g/mol. The number of ether oxygens (including phenoxy) is 1. The van der Waals surface area contributed by atoms with Crippen molar-refractivity contribution in [3.63, 3.8) is 0 Å². The van der Waals surface area contributed by atoms with Gasteiger partial charge in [-0.1, -0.05) is 35.9 Å². The number of amides is 1. The second-order valence-electron chi connectivity index (χ2n) is 5.03. The first kappa shape index (κ1) is 16.6. The van der Waals surface area contributed by atoms with Gasteiger partial charge in [0.05, 0.1) is 16.3 Å². The molecule has 0 radical (unpaired) electrons. The lowest BCUT2D eigenvalue weighted by molar-refractivity contribution is 0.100. The fourth-order valence-electron chi connectivity index (χ4n) is 2.20. The minimum absolute atomic E-state index is 0.0272. The molecular formula is C18H13ClN4O2. The van der Waals surface area contributed by atoms with Crippen molar-refractivity contribution in [1.82, 2.24) is 9.78 Å². The van der Waals surface area contributed by atoms with E-state index in [1.165, 1.54) is 10.9 Å². The molecule has 7 heteroatoms. The van der Waals surface area contributed by atoms with Crippen LogP contribution >= 0.6 is 11.6 Å². The number of nitriles is 1. The van der Waals surface area contributed by atoms with E-state index in [4.69, 9.17) is 21.6 Å². The van der Waals surface area contributed by atoms with E-state index in [2.05, 4.69) is 10.4 Å². The molecule has 0 spiro atoms. The number of carbonyl (C=O) groups excluding carboxylic acids is 1. The van der Waals surface area contributed by atoms with Crippen LogP contribution in [0.15, 0.2) is 60.8 Å². The normalized spacial score (nSPS) is 10.1. The summed E-state index contributed by atoms with van der Waals surface area (Å²) in [6, 6.07) is 17.4. The fourth-order valence-corrected chi connectivity index (χ4v) is 2.39. The summed E-state index contributed by atoms with van der Waals surface area (Å²) in [5.74, 6) is 0.115. The quantitative estimate of drug-likeness (QED) is 0.759. The zero-order valence-electron chi connectivity index (χ0n) is 13.0. The van der Waals surface area contributed by atoms with Crippen molar-refractivity contribution in [2.24, 2.45) is 0 Å². The summed E-state index contributed by atoms with van der Waals surface area (Å²) < 4.78 is 7.01. The van der Waals surface area contributed by atoms with E-state index in [1.807, 2.05) is 6.07 Å². The maximum Gasteiger partial charge on any atom is 0.274 e. The van der Waals surface area contributed by atoms with Crippen molar-refractivity contribution in [1.29, 1.82) is 5.26 Å². The van der Waals surface area contributed by atoms with Crippen LogP contribution in [0.3, 0.4) is 0 Å². The molecule has 3 rings (SSSR count). The van der Waals surface area contributed by atoms with Crippen LogP contribution in [0.25, 0.3) is 0 Å². The molecule has 0 aliphatic carbocycles. The summed E-state index contributed by atoms with van der Waals surface area (Å²) in [6.07, 6.45) is 1.50. The van der Waals surface area contributed by atoms with Gasteiger partial charge in [-0.25, -0.2) is 4.68 Å². The summed E-state index contributed by atoms with van der Waals surface area (Å²) >= 11 is 6.04. The van der Waals surface area contributed by atoms with Gasteiger partial charge in [0.25, 0.3) is 5.91 Å². The van der Waals surface area contributed by atoms with E-state index in [0.717, 1.165) is 0 Å². The molecule has 25 heavy (non-hydrogen) atoms. The first-order chi connectivity index (χ1) is 12.2. The molecule has 0 fully saturated rings. The van der Waals surface area contributed by atoms with Crippen LogP contribution in [0.1, 0.15) is 16.1 Å². The number of anilines is 1. The highest BCUT2D eigenvalue weighted by molar-refractivity contribution is 6.32. The molecule has 6 nitrogen and oxygen atoms in total. The van der Waals surface area contributed by atoms with Gasteiger partial charge in [-0.05, 0) is 30.3 Å². The van der Waals surface area contributed by atoms with Crippen molar-refractivity contribution in [3.05, 3.63) is 77.1 Å². The number of aromatic nitrogens is 2. The van der Waals surface area contributed by atoms with Gasteiger partial charge in [0.15, 0.2) is 6.73 Å². The predicted molar refractivity (Wildman–Crippen MR) is 93.4 cm³/mol. The number of nitrogens with one attached hydrogen (secondary N) is 1. The predicted octanol–water partition coefficient (Wildman–Crippen LogP) is 3.70. The van der Waals surface area contributed by atoms with Gasteiger partial charge in [0.2, 0.25) is 0 Å². The van der Waals surface area contributed by atoms with Crippen molar-refractivity contribution in [2.45, 2.75) is 6.73 Å². The Hall–Kier alpha value is -3.30. The topological polar surface area (TPSA) is 79.9 Å². The Morgan fingerprint density at radius 2 is 1.96 bits per heavy atom. The average molecular weight is 353 g/mol. The number of hydrogen-bond acceptors (Lipinski definition) is 4. The standard InChI is InChI=1S/C18H13ClN4O2/c19-14-6-2-4-8-17(14)25-12-23-16(9-10-21-23)18(24)22-15-7-3-1-5-13(15)11-20/h1-10H,12H2,(H,22,24). The average Bonchev–Trinajstić information content (AvgIpc) is 3.10. The van der Waals surface area contributed by atoms with E-state index in [-0.39, 0.29) is 12.6 Å². The highest BCUT2D eigenvalue weighted by Crippen LogP contribution is 2.23. The Labute approximate surface area is 149 Å². The molecule has 1 heterocycles. The third kappa shape index (κ3) is 3.79. The number of carbonyl (C=O) groups is 1. The largest absolute Gasteiger partial charge is 0.470 e. The van der Waals surface area contributed by atoms with Crippen LogP contribution in [0, 0.1) is 11.3 Å². The Morgan fingerprint density at radius 3 is 2.76 bits per heavy atom. The van der Waals surface area contributed by atoms with E-state index >= 15 is 0 Å². The van der Waals surface area contributed by atoms with Gasteiger partial charge in [-0.2, -0.15) is 10.4 Å². The number of benzene rings is 2. The van der Waals surface area contributed by atoms with Crippen LogP contribution in [0.5, 0.6) is 5.75 Å². The van der Waals surface area contributed by atoms with E-state index in [1.54, 1.807) is 54.6 Å². The fraction of sp³-hybridized carbons (Fsp3) is 0.0556. The van der Waals surface area contributed by atoms with Crippen molar-refractivity contribution < 1.29 is 9.53 Å². The smallest absolute Gasteiger partial charge is 0.274 e. The zero-order chi connectivity index (χ0) is 17.6. The molecule has 0 aliphatic rings. The van der Waals surface area contributed by atoms with Crippen LogP contribution in [-0.4, -0.2) is 15.7 Å². The Bertz CT molecular complexity index is 946. The van der Waals surface area contributed by atoms with Crippen molar-refractivity contribution in [2.75, 3.05) is 5.32 Å². The molecule has 1 aromatic heterocycles. The highest BCUT2D eigenvalue weighted by Gasteiger charge is 2.14. The molecular weight excluding hydrogens is 340 g/mol. The van der Waals surface area contributed by atoms with Crippen molar-refractivity contribution in [3.8, 4) is 11.8 Å². The first-order valence-electron chi connectivity index (χ1n) is 7.38. The molecule has 2 aromatic carbocycles. The van der Waals surface area contributed by atoms with Crippen LogP contribution in [0.2, 0.25) is 5.02 Å².